The Morgan fingerprint density at radius 1 is 0.946 bits per heavy atom. The van der Waals surface area contributed by atoms with E-state index in [1.807, 2.05) is 6.92 Å². The summed E-state index contributed by atoms with van der Waals surface area (Å²) in [6, 6.07) is 6.17. The second-order valence-electron chi connectivity index (χ2n) is 9.47. The van der Waals surface area contributed by atoms with Gasteiger partial charge in [0.25, 0.3) is 10.1 Å². The molecule has 2 atom stereocenters. The summed E-state index contributed by atoms with van der Waals surface area (Å²) in [4.78, 5) is 37.7. The maximum Gasteiger partial charge on any atom is 0.311 e. The second-order valence-corrected chi connectivity index (χ2v) is 11.1. The Labute approximate surface area is 219 Å². The Bertz CT molecular complexity index is 970. The molecule has 2 unspecified atom stereocenters. The van der Waals surface area contributed by atoms with Crippen LogP contribution in [-0.4, -0.2) is 65.0 Å². The average molecular weight is 545 g/mol. The SMILES string of the molecule is CCC(CC(CC(C)(C)C(=O)OC)C(=O)OCCCCO)C(=O)OCCOS(=O)(=O)c1ccc(C)cc1. The van der Waals surface area contributed by atoms with Gasteiger partial charge in [0.2, 0.25) is 0 Å². The highest BCUT2D eigenvalue weighted by Gasteiger charge is 2.37. The molecule has 0 aliphatic rings. The number of aliphatic hydroxyl groups excluding tert-OH is 1. The van der Waals surface area contributed by atoms with Crippen LogP contribution < -0.4 is 0 Å². The quantitative estimate of drug-likeness (QED) is 0.134. The molecule has 11 heteroatoms. The van der Waals surface area contributed by atoms with Crippen molar-refractivity contribution in [1.29, 1.82) is 0 Å². The van der Waals surface area contributed by atoms with Crippen LogP contribution in [0.25, 0.3) is 0 Å². The fourth-order valence-corrected chi connectivity index (χ4v) is 4.59. The maximum absolute atomic E-state index is 12.8. The highest BCUT2D eigenvalue weighted by molar-refractivity contribution is 7.86. The number of unbranched alkanes of at least 4 members (excludes halogenated alkanes) is 1. The van der Waals surface area contributed by atoms with E-state index in [9.17, 15) is 22.8 Å². The van der Waals surface area contributed by atoms with Crippen LogP contribution >= 0.6 is 0 Å². The summed E-state index contributed by atoms with van der Waals surface area (Å²) in [5.41, 5.74) is -0.0926. The molecule has 0 aliphatic heterocycles. The maximum atomic E-state index is 12.8. The minimum absolute atomic E-state index is 0.00410. The average Bonchev–Trinajstić information content (AvgIpc) is 2.86. The molecular formula is C26H40O10S. The normalized spacial score (nSPS) is 13.5. The molecule has 0 spiro atoms. The van der Waals surface area contributed by atoms with Gasteiger partial charge in [-0.15, -0.1) is 0 Å². The van der Waals surface area contributed by atoms with Crippen LogP contribution in [0.5, 0.6) is 0 Å². The summed E-state index contributed by atoms with van der Waals surface area (Å²) in [7, 11) is -2.72. The van der Waals surface area contributed by atoms with E-state index in [-0.39, 0.29) is 44.2 Å². The van der Waals surface area contributed by atoms with Crippen molar-refractivity contribution in [2.75, 3.05) is 33.5 Å². The van der Waals surface area contributed by atoms with Crippen LogP contribution in [0.3, 0.4) is 0 Å². The van der Waals surface area contributed by atoms with Crippen molar-refractivity contribution in [3.05, 3.63) is 29.8 Å². The Hall–Kier alpha value is -2.50. The van der Waals surface area contributed by atoms with Crippen LogP contribution in [0.2, 0.25) is 0 Å². The van der Waals surface area contributed by atoms with Gasteiger partial charge in [0, 0.05) is 6.61 Å². The van der Waals surface area contributed by atoms with Crippen LogP contribution in [0.15, 0.2) is 29.2 Å². The third-order valence-corrected chi connectivity index (χ3v) is 7.22. The van der Waals surface area contributed by atoms with Crippen molar-refractivity contribution in [2.24, 2.45) is 17.3 Å². The molecule has 1 rings (SSSR count). The topological polar surface area (TPSA) is 142 Å². The lowest BCUT2D eigenvalue weighted by Gasteiger charge is -2.28. The van der Waals surface area contributed by atoms with Gasteiger partial charge < -0.3 is 19.3 Å². The fraction of sp³-hybridized carbons (Fsp3) is 0.654. The minimum Gasteiger partial charge on any atom is -0.469 e. The molecule has 0 saturated heterocycles. The van der Waals surface area contributed by atoms with Crippen LogP contribution in [-0.2, 0) is 42.9 Å². The van der Waals surface area contributed by atoms with E-state index < -0.39 is 45.3 Å². The third kappa shape index (κ3) is 11.2. The third-order valence-electron chi connectivity index (χ3n) is 5.90. The standard InChI is InChI=1S/C26H40O10S/c1-6-20(23(28)35-15-16-36-37(31,32)22-11-9-19(2)10-12-22)17-21(18-26(3,4)25(30)33-5)24(29)34-14-8-7-13-27/h9-12,20-21,27H,6-8,13-18H2,1-5H3. The first-order chi connectivity index (χ1) is 17.4. The zero-order valence-corrected chi connectivity index (χ0v) is 23.2. The molecule has 10 nitrogen and oxygen atoms in total. The number of hydrogen-bond donors (Lipinski definition) is 1. The largest absolute Gasteiger partial charge is 0.469 e. The number of methoxy groups -OCH3 is 1. The number of hydrogen-bond acceptors (Lipinski definition) is 10. The molecule has 1 N–H and O–H groups in total. The monoisotopic (exact) mass is 544 g/mol. The van der Waals surface area contributed by atoms with Gasteiger partial charge in [-0.25, -0.2) is 0 Å². The summed E-state index contributed by atoms with van der Waals surface area (Å²) in [5.74, 6) is -3.11. The number of aryl methyl sites for hydroxylation is 1. The van der Waals surface area contributed by atoms with Gasteiger partial charge in [-0.3, -0.25) is 18.6 Å². The number of ether oxygens (including phenoxy) is 3. The molecule has 1 aromatic carbocycles. The van der Waals surface area contributed by atoms with Gasteiger partial charge in [0.15, 0.2) is 0 Å². The summed E-state index contributed by atoms with van der Waals surface area (Å²) in [5, 5.41) is 8.91. The van der Waals surface area contributed by atoms with Crippen molar-refractivity contribution < 1.29 is 46.3 Å². The highest BCUT2D eigenvalue weighted by Crippen LogP contribution is 2.32. The predicted molar refractivity (Wildman–Crippen MR) is 135 cm³/mol. The predicted octanol–water partition coefficient (Wildman–Crippen LogP) is 3.18. The number of carbonyl (C=O) groups is 3. The number of benzene rings is 1. The smallest absolute Gasteiger partial charge is 0.311 e. The van der Waals surface area contributed by atoms with Gasteiger partial charge in [-0.05, 0) is 65.0 Å². The lowest BCUT2D eigenvalue weighted by molar-refractivity contribution is -0.157. The fourth-order valence-electron chi connectivity index (χ4n) is 3.69. The van der Waals surface area contributed by atoms with Crippen molar-refractivity contribution in [1.82, 2.24) is 0 Å². The van der Waals surface area contributed by atoms with E-state index in [4.69, 9.17) is 23.5 Å². The first-order valence-electron chi connectivity index (χ1n) is 12.4. The Balaban J connectivity index is 2.77. The molecule has 37 heavy (non-hydrogen) atoms. The second kappa shape index (κ2) is 15.7. The van der Waals surface area contributed by atoms with E-state index in [0.717, 1.165) is 5.56 Å². The van der Waals surface area contributed by atoms with E-state index in [1.165, 1.54) is 19.2 Å². The summed E-state index contributed by atoms with van der Waals surface area (Å²) < 4.78 is 44.9. The van der Waals surface area contributed by atoms with E-state index in [2.05, 4.69) is 0 Å². The van der Waals surface area contributed by atoms with Crippen molar-refractivity contribution >= 4 is 28.0 Å². The molecule has 0 heterocycles. The zero-order chi connectivity index (χ0) is 28.1. The lowest BCUT2D eigenvalue weighted by atomic mass is 9.78. The molecule has 0 fully saturated rings. The first-order valence-corrected chi connectivity index (χ1v) is 13.8. The number of rotatable bonds is 17. The van der Waals surface area contributed by atoms with Gasteiger partial charge in [-0.2, -0.15) is 8.42 Å². The molecule has 0 aromatic heterocycles. The molecule has 0 saturated carbocycles. The van der Waals surface area contributed by atoms with Gasteiger partial charge in [0.05, 0.1) is 35.9 Å². The Kier molecular flexibility index (Phi) is 13.8. The van der Waals surface area contributed by atoms with E-state index in [1.54, 1.807) is 32.9 Å². The van der Waals surface area contributed by atoms with Crippen LogP contribution in [0.1, 0.15) is 58.4 Å². The van der Waals surface area contributed by atoms with Crippen molar-refractivity contribution in [3.63, 3.8) is 0 Å². The Morgan fingerprint density at radius 2 is 1.54 bits per heavy atom. The van der Waals surface area contributed by atoms with Crippen molar-refractivity contribution in [2.45, 2.75) is 64.7 Å². The van der Waals surface area contributed by atoms with Crippen LogP contribution in [0.4, 0.5) is 0 Å². The first kappa shape index (κ1) is 32.5. The molecule has 1 aromatic rings. The number of aliphatic hydroxyl groups is 1. The molecule has 210 valence electrons. The molecule has 0 aliphatic carbocycles. The molecule has 0 bridgehead atoms. The number of esters is 3. The van der Waals surface area contributed by atoms with E-state index >= 15 is 0 Å². The molecule has 0 amide bonds. The van der Waals surface area contributed by atoms with Gasteiger partial charge in [0.1, 0.15) is 13.2 Å². The molecular weight excluding hydrogens is 504 g/mol. The summed E-state index contributed by atoms with van der Waals surface area (Å²) in [6.07, 6.45) is 1.50. The summed E-state index contributed by atoms with van der Waals surface area (Å²) in [6.45, 7) is 6.34. The highest BCUT2D eigenvalue weighted by atomic mass is 32.2. The van der Waals surface area contributed by atoms with Gasteiger partial charge in [-0.1, -0.05) is 24.6 Å². The lowest BCUT2D eigenvalue weighted by Crippen LogP contribution is -2.34. The van der Waals surface area contributed by atoms with Gasteiger partial charge >= 0.3 is 17.9 Å². The number of carbonyl (C=O) groups excluding carboxylic acids is 3. The minimum atomic E-state index is -3.99. The Morgan fingerprint density at radius 3 is 2.11 bits per heavy atom. The van der Waals surface area contributed by atoms with Crippen LogP contribution in [0, 0.1) is 24.2 Å². The zero-order valence-electron chi connectivity index (χ0n) is 22.4. The van der Waals surface area contributed by atoms with Crippen molar-refractivity contribution in [3.8, 4) is 0 Å². The molecule has 0 radical (unpaired) electrons. The van der Waals surface area contributed by atoms with E-state index in [0.29, 0.717) is 19.3 Å². The summed E-state index contributed by atoms with van der Waals surface area (Å²) >= 11 is 0.